The summed E-state index contributed by atoms with van der Waals surface area (Å²) in [4.78, 5) is 11.0. The van der Waals surface area contributed by atoms with Gasteiger partial charge in [0, 0.05) is 25.0 Å². The lowest BCUT2D eigenvalue weighted by molar-refractivity contribution is -0.124. The van der Waals surface area contributed by atoms with Gasteiger partial charge in [-0.05, 0) is 6.92 Å². The fraction of sp³-hybridized carbons (Fsp3) is 0.857. The number of hydrogen-bond donors (Lipinski definition) is 3. The number of amides is 1. The monoisotopic (exact) mass is 195 g/mol. The Morgan fingerprint density at radius 2 is 2.00 bits per heavy atom. The van der Waals surface area contributed by atoms with Crippen LogP contribution in [-0.4, -0.2) is 25.0 Å². The third-order valence-corrected chi connectivity index (χ3v) is 1.40. The van der Waals surface area contributed by atoms with Crippen molar-refractivity contribution in [2.75, 3.05) is 13.1 Å². The minimum atomic E-state index is -0.117. The molecule has 5 heteroatoms. The van der Waals surface area contributed by atoms with Gasteiger partial charge in [0.25, 0.3) is 0 Å². The molecular formula is C7H18ClN3O. The first-order chi connectivity index (χ1) is 5.07. The summed E-state index contributed by atoms with van der Waals surface area (Å²) in [6.45, 7) is 4.53. The maximum Gasteiger partial charge on any atom is 0.224 e. The van der Waals surface area contributed by atoms with Gasteiger partial charge in [-0.1, -0.05) is 6.92 Å². The van der Waals surface area contributed by atoms with E-state index in [-0.39, 0.29) is 30.3 Å². The van der Waals surface area contributed by atoms with Gasteiger partial charge in [0.2, 0.25) is 5.91 Å². The van der Waals surface area contributed by atoms with Gasteiger partial charge in [-0.3, -0.25) is 4.79 Å². The summed E-state index contributed by atoms with van der Waals surface area (Å²) in [7, 11) is 0. The zero-order chi connectivity index (χ0) is 8.85. The molecule has 0 aromatic rings. The van der Waals surface area contributed by atoms with Gasteiger partial charge in [0.05, 0.1) is 0 Å². The van der Waals surface area contributed by atoms with Crippen molar-refractivity contribution in [1.82, 2.24) is 5.32 Å². The van der Waals surface area contributed by atoms with Gasteiger partial charge in [0.1, 0.15) is 0 Å². The van der Waals surface area contributed by atoms with Gasteiger partial charge in [-0.25, -0.2) is 0 Å². The predicted molar refractivity (Wildman–Crippen MR) is 52.1 cm³/mol. The van der Waals surface area contributed by atoms with Crippen LogP contribution in [0.2, 0.25) is 0 Å². The van der Waals surface area contributed by atoms with Crippen molar-refractivity contribution in [2.45, 2.75) is 19.9 Å². The van der Waals surface area contributed by atoms with Gasteiger partial charge in [0.15, 0.2) is 0 Å². The zero-order valence-corrected chi connectivity index (χ0v) is 8.36. The Balaban J connectivity index is 0. The molecule has 0 rings (SSSR count). The summed E-state index contributed by atoms with van der Waals surface area (Å²) < 4.78 is 0. The highest BCUT2D eigenvalue weighted by Gasteiger charge is 2.09. The lowest BCUT2D eigenvalue weighted by Crippen LogP contribution is -2.39. The van der Waals surface area contributed by atoms with Crippen LogP contribution in [0.25, 0.3) is 0 Å². The van der Waals surface area contributed by atoms with Crippen LogP contribution in [0.5, 0.6) is 0 Å². The van der Waals surface area contributed by atoms with Gasteiger partial charge in [-0.15, -0.1) is 12.4 Å². The number of halogens is 1. The predicted octanol–water partition coefficient (Wildman–Crippen LogP) is -0.534. The zero-order valence-electron chi connectivity index (χ0n) is 7.54. The van der Waals surface area contributed by atoms with E-state index in [1.165, 1.54) is 0 Å². The lowest BCUT2D eigenvalue weighted by Gasteiger charge is -2.11. The summed E-state index contributed by atoms with van der Waals surface area (Å²) >= 11 is 0. The minimum absolute atomic E-state index is 0. The summed E-state index contributed by atoms with van der Waals surface area (Å²) in [6, 6.07) is 0.00363. The highest BCUT2D eigenvalue weighted by molar-refractivity contribution is 5.85. The van der Waals surface area contributed by atoms with E-state index in [1.54, 1.807) is 6.92 Å². The first-order valence-corrected chi connectivity index (χ1v) is 3.81. The van der Waals surface area contributed by atoms with Crippen molar-refractivity contribution in [3.8, 4) is 0 Å². The fourth-order valence-corrected chi connectivity index (χ4v) is 0.543. The largest absolute Gasteiger partial charge is 0.354 e. The average molecular weight is 196 g/mol. The molecule has 0 radical (unpaired) electrons. The number of nitrogens with one attached hydrogen (secondary N) is 1. The standard InChI is InChI=1S/C7H17N3O.ClH/c1-5(3-8)7(11)10-4-6(2)9;/h5-6H,3-4,8-9H2,1-2H3,(H,10,11);1H. The molecule has 0 heterocycles. The number of nitrogens with two attached hydrogens (primary N) is 2. The third kappa shape index (κ3) is 6.39. The molecule has 0 bridgehead atoms. The van der Waals surface area contributed by atoms with E-state index in [0.29, 0.717) is 13.1 Å². The molecule has 74 valence electrons. The van der Waals surface area contributed by atoms with E-state index in [0.717, 1.165) is 0 Å². The molecule has 0 spiro atoms. The Bertz CT molecular complexity index is 130. The Hall–Kier alpha value is -0.320. The summed E-state index contributed by atoms with van der Waals surface area (Å²) in [5.41, 5.74) is 10.7. The molecule has 12 heavy (non-hydrogen) atoms. The van der Waals surface area contributed by atoms with E-state index in [4.69, 9.17) is 11.5 Å². The second-order valence-corrected chi connectivity index (χ2v) is 2.86. The first-order valence-electron chi connectivity index (χ1n) is 3.81. The van der Waals surface area contributed by atoms with Crippen LogP contribution < -0.4 is 16.8 Å². The SMILES string of the molecule is CC(N)CNC(=O)C(C)CN.Cl. The molecule has 0 aliphatic carbocycles. The molecule has 4 nitrogen and oxygen atoms in total. The Kier molecular flexibility index (Phi) is 8.69. The highest BCUT2D eigenvalue weighted by Crippen LogP contribution is 1.89. The second kappa shape index (κ2) is 7.34. The summed E-state index contributed by atoms with van der Waals surface area (Å²) in [5, 5.41) is 2.69. The van der Waals surface area contributed by atoms with Crippen molar-refractivity contribution in [3.05, 3.63) is 0 Å². The quantitative estimate of drug-likeness (QED) is 0.564. The minimum Gasteiger partial charge on any atom is -0.354 e. The van der Waals surface area contributed by atoms with Crippen molar-refractivity contribution >= 4 is 18.3 Å². The number of rotatable bonds is 4. The molecule has 0 fully saturated rings. The van der Waals surface area contributed by atoms with Crippen LogP contribution in [-0.2, 0) is 4.79 Å². The Morgan fingerprint density at radius 3 is 2.33 bits per heavy atom. The van der Waals surface area contributed by atoms with Crippen LogP contribution in [0.15, 0.2) is 0 Å². The van der Waals surface area contributed by atoms with Crippen molar-refractivity contribution in [3.63, 3.8) is 0 Å². The van der Waals surface area contributed by atoms with E-state index < -0.39 is 0 Å². The molecule has 0 aromatic carbocycles. The van der Waals surface area contributed by atoms with Crippen molar-refractivity contribution < 1.29 is 4.79 Å². The number of carbonyl (C=O) groups is 1. The smallest absolute Gasteiger partial charge is 0.224 e. The van der Waals surface area contributed by atoms with Crippen LogP contribution >= 0.6 is 12.4 Å². The Labute approximate surface area is 79.5 Å². The second-order valence-electron chi connectivity index (χ2n) is 2.86. The topological polar surface area (TPSA) is 81.1 Å². The molecule has 0 aliphatic rings. The number of carbonyl (C=O) groups excluding carboxylic acids is 1. The van der Waals surface area contributed by atoms with Crippen LogP contribution in [0, 0.1) is 5.92 Å². The fourth-order valence-electron chi connectivity index (χ4n) is 0.543. The molecular weight excluding hydrogens is 178 g/mol. The molecule has 0 aliphatic heterocycles. The molecule has 0 saturated heterocycles. The first kappa shape index (κ1) is 14.2. The van der Waals surface area contributed by atoms with Gasteiger partial charge >= 0.3 is 0 Å². The van der Waals surface area contributed by atoms with E-state index in [9.17, 15) is 4.79 Å². The molecule has 1 amide bonds. The lowest BCUT2D eigenvalue weighted by atomic mass is 10.1. The molecule has 0 aromatic heterocycles. The summed E-state index contributed by atoms with van der Waals surface area (Å²) in [5.74, 6) is -0.140. The molecule has 2 unspecified atom stereocenters. The van der Waals surface area contributed by atoms with Gasteiger partial charge < -0.3 is 16.8 Å². The van der Waals surface area contributed by atoms with Crippen molar-refractivity contribution in [1.29, 1.82) is 0 Å². The summed E-state index contributed by atoms with van der Waals surface area (Å²) in [6.07, 6.45) is 0. The molecule has 0 saturated carbocycles. The maximum absolute atomic E-state index is 11.0. The molecule has 5 N–H and O–H groups in total. The van der Waals surface area contributed by atoms with E-state index >= 15 is 0 Å². The van der Waals surface area contributed by atoms with Crippen LogP contribution in [0.1, 0.15) is 13.8 Å². The molecule has 2 atom stereocenters. The van der Waals surface area contributed by atoms with Crippen molar-refractivity contribution in [2.24, 2.45) is 17.4 Å². The van der Waals surface area contributed by atoms with Crippen LogP contribution in [0.4, 0.5) is 0 Å². The maximum atomic E-state index is 11.0. The third-order valence-electron chi connectivity index (χ3n) is 1.40. The highest BCUT2D eigenvalue weighted by atomic mass is 35.5. The number of hydrogen-bond acceptors (Lipinski definition) is 3. The van der Waals surface area contributed by atoms with E-state index in [1.807, 2.05) is 6.92 Å². The average Bonchev–Trinajstić information content (AvgIpc) is 1.98. The normalized spacial score (nSPS) is 14.3. The van der Waals surface area contributed by atoms with Crippen LogP contribution in [0.3, 0.4) is 0 Å². The Morgan fingerprint density at radius 1 is 1.50 bits per heavy atom. The van der Waals surface area contributed by atoms with Gasteiger partial charge in [-0.2, -0.15) is 0 Å². The van der Waals surface area contributed by atoms with E-state index in [2.05, 4.69) is 5.32 Å².